The lowest BCUT2D eigenvalue weighted by Crippen LogP contribution is -3.00. The van der Waals surface area contributed by atoms with Crippen LogP contribution in [0.5, 0.6) is 0 Å². The first-order valence-corrected chi connectivity index (χ1v) is 10.8. The summed E-state index contributed by atoms with van der Waals surface area (Å²) in [6.45, 7) is 3.44. The molecular weight excluding hydrogens is 476 g/mol. The number of hydrogen-bond donors (Lipinski definition) is 0. The molecule has 1 fully saturated rings. The summed E-state index contributed by atoms with van der Waals surface area (Å²) in [4.78, 5) is 0. The first-order valence-electron chi connectivity index (χ1n) is 10.8. The highest BCUT2D eigenvalue weighted by Gasteiger charge is 2.20. The molecule has 0 aliphatic heterocycles. The van der Waals surface area contributed by atoms with Gasteiger partial charge in [0, 0.05) is 43.5 Å². The maximum Gasteiger partial charge on any atom is 0.169 e. The highest BCUT2D eigenvalue weighted by atomic mass is 79.9. The lowest BCUT2D eigenvalue weighted by atomic mass is 9.95. The van der Waals surface area contributed by atoms with E-state index in [9.17, 15) is 0 Å². The molecule has 2 nitrogen and oxygen atoms in total. The zero-order valence-electron chi connectivity index (χ0n) is 17.5. The maximum absolute atomic E-state index is 2.36. The van der Waals surface area contributed by atoms with Gasteiger partial charge in [-0.05, 0) is 19.3 Å². The van der Waals surface area contributed by atoms with E-state index < -0.39 is 0 Å². The number of halogens is 2. The van der Waals surface area contributed by atoms with Crippen LogP contribution in [0.3, 0.4) is 0 Å². The molecule has 1 saturated carbocycles. The average Bonchev–Trinajstić information content (AvgIpc) is 2.73. The lowest BCUT2D eigenvalue weighted by molar-refractivity contribution is -0.725. The van der Waals surface area contributed by atoms with E-state index in [4.69, 9.17) is 0 Å². The van der Waals surface area contributed by atoms with Crippen molar-refractivity contribution in [1.82, 2.24) is 0 Å². The Kier molecular flexibility index (Phi) is 17.8. The molecule has 2 aromatic heterocycles. The number of aryl methyl sites for hydroxylation is 1. The second-order valence-electron chi connectivity index (χ2n) is 7.50. The number of hydrogen-bond acceptors (Lipinski definition) is 0. The van der Waals surface area contributed by atoms with Gasteiger partial charge in [0.2, 0.25) is 0 Å². The fourth-order valence-electron chi connectivity index (χ4n) is 3.69. The molecule has 2 aromatic rings. The van der Waals surface area contributed by atoms with Crippen molar-refractivity contribution in [2.75, 3.05) is 0 Å². The Hall–Kier alpha value is -0.740. The lowest BCUT2D eigenvalue weighted by Gasteiger charge is -2.16. The summed E-state index contributed by atoms with van der Waals surface area (Å²) in [5, 5.41) is 0. The van der Waals surface area contributed by atoms with Gasteiger partial charge >= 0.3 is 0 Å². The number of nitrogens with zero attached hydrogens (tertiary/aromatic N) is 2. The number of aromatic nitrogens is 2. The summed E-state index contributed by atoms with van der Waals surface area (Å²) < 4.78 is 4.62. The first-order chi connectivity index (χ1) is 12.9. The quantitative estimate of drug-likeness (QED) is 0.342. The van der Waals surface area contributed by atoms with Crippen LogP contribution in [0, 0.1) is 0 Å². The molecule has 0 unspecified atom stereocenters. The summed E-state index contributed by atoms with van der Waals surface area (Å²) in [5.74, 6) is 0. The van der Waals surface area contributed by atoms with Crippen LogP contribution in [0.2, 0.25) is 0 Å². The summed E-state index contributed by atoms with van der Waals surface area (Å²) in [5.41, 5.74) is 0. The van der Waals surface area contributed by atoms with Crippen molar-refractivity contribution in [2.24, 2.45) is 0 Å². The summed E-state index contributed by atoms with van der Waals surface area (Å²) in [6, 6.07) is 13.4. The molecule has 0 spiro atoms. The maximum atomic E-state index is 2.36. The van der Waals surface area contributed by atoms with Crippen LogP contribution in [0.1, 0.15) is 83.6 Å². The van der Waals surface area contributed by atoms with Crippen molar-refractivity contribution < 1.29 is 43.1 Å². The fraction of sp³-hybridized carbons (Fsp3) is 0.583. The van der Waals surface area contributed by atoms with Gasteiger partial charge in [-0.15, -0.1) is 0 Å². The van der Waals surface area contributed by atoms with Crippen molar-refractivity contribution in [3.63, 3.8) is 0 Å². The SMILES string of the molecule is CCCCCCCC[n+]1ccccc1.[Br-].[Br-].c1cc[n+](C2CCCCC2)cc1. The van der Waals surface area contributed by atoms with E-state index in [2.05, 4.69) is 77.2 Å². The molecule has 0 saturated heterocycles. The zero-order chi connectivity index (χ0) is 18.3. The number of pyridine rings is 2. The molecule has 28 heavy (non-hydrogen) atoms. The average molecular weight is 514 g/mol. The van der Waals surface area contributed by atoms with Gasteiger partial charge < -0.3 is 34.0 Å². The standard InChI is InChI=1S/C13H22N.C11H16N.2BrH/c1-2-3-4-5-6-8-11-14-12-9-7-10-13-14;1-3-7-11(8-4-1)12-9-5-2-6-10-12;;/h7,9-10,12-13H,2-6,8,11H2,1H3;2,5-6,9-11H,1,3-4,7-8H2;2*1H/q2*+1;;/p-2. The van der Waals surface area contributed by atoms with Gasteiger partial charge in [-0.1, -0.05) is 51.2 Å². The van der Waals surface area contributed by atoms with Gasteiger partial charge in [-0.2, -0.15) is 0 Å². The molecule has 158 valence electrons. The van der Waals surface area contributed by atoms with Crippen LogP contribution in [-0.4, -0.2) is 0 Å². The number of unbranched alkanes of at least 4 members (excludes halogenated alkanes) is 5. The minimum atomic E-state index is 0. The Labute approximate surface area is 193 Å². The second kappa shape index (κ2) is 18.3. The summed E-state index contributed by atoms with van der Waals surface area (Å²) in [7, 11) is 0. The summed E-state index contributed by atoms with van der Waals surface area (Å²) in [6.07, 6.45) is 23.9. The van der Waals surface area contributed by atoms with Gasteiger partial charge in [0.1, 0.15) is 6.54 Å². The van der Waals surface area contributed by atoms with Crippen molar-refractivity contribution in [1.29, 1.82) is 0 Å². The van der Waals surface area contributed by atoms with Crippen molar-refractivity contribution in [3.8, 4) is 0 Å². The molecule has 0 radical (unpaired) electrons. The molecule has 0 bridgehead atoms. The Morgan fingerprint density at radius 2 is 1.18 bits per heavy atom. The monoisotopic (exact) mass is 512 g/mol. The van der Waals surface area contributed by atoms with E-state index in [1.165, 1.54) is 77.2 Å². The molecule has 0 aromatic carbocycles. The van der Waals surface area contributed by atoms with E-state index in [1.54, 1.807) is 0 Å². The molecule has 1 aliphatic rings. The second-order valence-corrected chi connectivity index (χ2v) is 7.50. The van der Waals surface area contributed by atoms with Crippen LogP contribution in [0.25, 0.3) is 0 Å². The highest BCUT2D eigenvalue weighted by Crippen LogP contribution is 2.23. The Morgan fingerprint density at radius 1 is 0.643 bits per heavy atom. The summed E-state index contributed by atoms with van der Waals surface area (Å²) >= 11 is 0. The van der Waals surface area contributed by atoms with Crippen molar-refractivity contribution in [2.45, 2.75) is 90.1 Å². The van der Waals surface area contributed by atoms with E-state index >= 15 is 0 Å². The molecule has 3 rings (SSSR count). The topological polar surface area (TPSA) is 7.76 Å². The largest absolute Gasteiger partial charge is 1.00 e. The van der Waals surface area contributed by atoms with E-state index in [0.717, 1.165) is 6.04 Å². The smallest absolute Gasteiger partial charge is 0.169 e. The first kappa shape index (κ1) is 27.3. The predicted molar refractivity (Wildman–Crippen MR) is 109 cm³/mol. The van der Waals surface area contributed by atoms with Crippen LogP contribution in [0.4, 0.5) is 0 Å². The highest BCUT2D eigenvalue weighted by molar-refractivity contribution is 4.84. The minimum Gasteiger partial charge on any atom is -1.00 e. The molecule has 0 atom stereocenters. The zero-order valence-corrected chi connectivity index (χ0v) is 20.7. The van der Waals surface area contributed by atoms with Crippen LogP contribution in [0.15, 0.2) is 61.2 Å². The van der Waals surface area contributed by atoms with Gasteiger partial charge in [-0.3, -0.25) is 0 Å². The Balaban J connectivity index is 0.000000489. The molecule has 0 N–H and O–H groups in total. The van der Waals surface area contributed by atoms with Crippen LogP contribution >= 0.6 is 0 Å². The fourth-order valence-corrected chi connectivity index (χ4v) is 3.69. The van der Waals surface area contributed by atoms with E-state index in [0.29, 0.717) is 0 Å². The predicted octanol–water partition coefficient (Wildman–Crippen LogP) is -0.178. The van der Waals surface area contributed by atoms with Crippen molar-refractivity contribution >= 4 is 0 Å². The third kappa shape index (κ3) is 12.0. The Morgan fingerprint density at radius 3 is 1.79 bits per heavy atom. The van der Waals surface area contributed by atoms with Gasteiger partial charge in [0.05, 0.1) is 0 Å². The normalized spacial score (nSPS) is 13.5. The van der Waals surface area contributed by atoms with Crippen LogP contribution < -0.4 is 43.1 Å². The third-order valence-corrected chi connectivity index (χ3v) is 5.28. The molecule has 1 aliphatic carbocycles. The van der Waals surface area contributed by atoms with Gasteiger partial charge in [0.15, 0.2) is 30.8 Å². The van der Waals surface area contributed by atoms with E-state index in [1.807, 2.05) is 0 Å². The molecule has 2 heterocycles. The van der Waals surface area contributed by atoms with Crippen molar-refractivity contribution in [3.05, 3.63) is 61.2 Å². The number of rotatable bonds is 8. The molecular formula is C24H38Br2N2. The van der Waals surface area contributed by atoms with Gasteiger partial charge in [-0.25, -0.2) is 9.13 Å². The van der Waals surface area contributed by atoms with E-state index in [-0.39, 0.29) is 34.0 Å². The molecule has 0 amide bonds. The van der Waals surface area contributed by atoms with Crippen LogP contribution in [-0.2, 0) is 6.54 Å². The third-order valence-electron chi connectivity index (χ3n) is 5.28. The van der Waals surface area contributed by atoms with Gasteiger partial charge in [0.25, 0.3) is 0 Å². The molecule has 4 heteroatoms. The Bertz CT molecular complexity index is 557. The minimum absolute atomic E-state index is 0.